The fourth-order valence-corrected chi connectivity index (χ4v) is 2.72. The van der Waals surface area contributed by atoms with Crippen LogP contribution in [0, 0.1) is 19.8 Å². The predicted octanol–water partition coefficient (Wildman–Crippen LogP) is 2.39. The number of hydrogen-bond donors (Lipinski definition) is 1. The quantitative estimate of drug-likeness (QED) is 0.872. The number of ether oxygens (including phenoxy) is 1. The average molecular weight is 234 g/mol. The van der Waals surface area contributed by atoms with Crippen molar-refractivity contribution < 1.29 is 4.74 Å². The molecule has 0 aromatic carbocycles. The number of nitrogens with one attached hydrogen (secondary N) is 1. The van der Waals surface area contributed by atoms with Gasteiger partial charge < -0.3 is 10.1 Å². The molecule has 1 N–H and O–H groups in total. The van der Waals surface area contributed by atoms with Crippen LogP contribution in [0.2, 0.25) is 0 Å². The first-order valence-corrected chi connectivity index (χ1v) is 6.41. The van der Waals surface area contributed by atoms with E-state index in [4.69, 9.17) is 4.74 Å². The molecule has 0 spiro atoms. The van der Waals surface area contributed by atoms with Gasteiger partial charge in [0, 0.05) is 30.6 Å². The van der Waals surface area contributed by atoms with E-state index < -0.39 is 0 Å². The van der Waals surface area contributed by atoms with Crippen LogP contribution < -0.4 is 5.32 Å². The molecular weight excluding hydrogens is 212 g/mol. The van der Waals surface area contributed by atoms with Crippen LogP contribution in [0.1, 0.15) is 35.8 Å². The Hall–Kier alpha value is -0.930. The van der Waals surface area contributed by atoms with Gasteiger partial charge in [0.05, 0.1) is 0 Å². The van der Waals surface area contributed by atoms with E-state index in [0.717, 1.165) is 37.4 Å². The molecule has 1 aromatic heterocycles. The Balaban J connectivity index is 2.21. The van der Waals surface area contributed by atoms with Crippen LogP contribution in [0.3, 0.4) is 0 Å². The zero-order valence-electron chi connectivity index (χ0n) is 11.0. The lowest BCUT2D eigenvalue weighted by molar-refractivity contribution is 0.0545. The normalized spacial score (nSPS) is 19.2. The highest BCUT2D eigenvalue weighted by Crippen LogP contribution is 2.30. The summed E-state index contributed by atoms with van der Waals surface area (Å²) in [5.74, 6) is 0.664. The fraction of sp³-hybridized carbons (Fsp3) is 0.643. The van der Waals surface area contributed by atoms with E-state index in [1.165, 1.54) is 5.56 Å². The van der Waals surface area contributed by atoms with Crippen molar-refractivity contribution in [2.24, 2.45) is 5.92 Å². The average Bonchev–Trinajstić information content (AvgIpc) is 2.34. The molecular formula is C14H22N2O. The van der Waals surface area contributed by atoms with E-state index >= 15 is 0 Å². The molecule has 0 amide bonds. The second-order valence-electron chi connectivity index (χ2n) is 4.84. The van der Waals surface area contributed by atoms with Crippen molar-refractivity contribution in [3.8, 4) is 0 Å². The maximum absolute atomic E-state index is 5.44. The Bertz CT molecular complexity index is 372. The molecule has 1 fully saturated rings. The number of hydrogen-bond acceptors (Lipinski definition) is 3. The highest BCUT2D eigenvalue weighted by Gasteiger charge is 2.25. The number of nitrogens with zero attached hydrogens (tertiary/aromatic N) is 1. The van der Waals surface area contributed by atoms with E-state index in [1.54, 1.807) is 0 Å². The van der Waals surface area contributed by atoms with Crippen molar-refractivity contribution >= 4 is 0 Å². The van der Waals surface area contributed by atoms with Gasteiger partial charge in [-0.1, -0.05) is 6.07 Å². The minimum Gasteiger partial charge on any atom is -0.381 e. The Morgan fingerprint density at radius 3 is 2.59 bits per heavy atom. The van der Waals surface area contributed by atoms with E-state index in [0.29, 0.717) is 12.0 Å². The Morgan fingerprint density at radius 2 is 2.00 bits per heavy atom. The van der Waals surface area contributed by atoms with Crippen molar-refractivity contribution in [1.29, 1.82) is 0 Å². The van der Waals surface area contributed by atoms with Crippen LogP contribution in [0.5, 0.6) is 0 Å². The molecule has 1 aliphatic heterocycles. The predicted molar refractivity (Wildman–Crippen MR) is 69.1 cm³/mol. The number of rotatable bonds is 3. The van der Waals surface area contributed by atoms with Crippen molar-refractivity contribution in [1.82, 2.24) is 10.3 Å². The summed E-state index contributed by atoms with van der Waals surface area (Å²) in [4.78, 5) is 4.57. The second-order valence-corrected chi connectivity index (χ2v) is 4.84. The molecule has 17 heavy (non-hydrogen) atoms. The molecule has 0 radical (unpaired) electrons. The SMILES string of the molecule is CNC(c1ccc(C)nc1C)C1CCOCC1. The third-order valence-electron chi connectivity index (χ3n) is 3.65. The first-order valence-electron chi connectivity index (χ1n) is 6.41. The molecule has 1 unspecified atom stereocenters. The van der Waals surface area contributed by atoms with Crippen LogP contribution in [-0.2, 0) is 4.74 Å². The minimum atomic E-state index is 0.409. The minimum absolute atomic E-state index is 0.409. The molecule has 2 heterocycles. The van der Waals surface area contributed by atoms with E-state index in [-0.39, 0.29) is 0 Å². The topological polar surface area (TPSA) is 34.2 Å². The molecule has 2 rings (SSSR count). The zero-order chi connectivity index (χ0) is 12.3. The first kappa shape index (κ1) is 12.5. The third kappa shape index (κ3) is 2.85. The van der Waals surface area contributed by atoms with Crippen LogP contribution in [0.4, 0.5) is 0 Å². The lowest BCUT2D eigenvalue weighted by atomic mass is 9.86. The van der Waals surface area contributed by atoms with Gasteiger partial charge in [0.1, 0.15) is 0 Å². The van der Waals surface area contributed by atoms with Crippen molar-refractivity contribution in [2.45, 2.75) is 32.7 Å². The van der Waals surface area contributed by atoms with Gasteiger partial charge in [-0.05, 0) is 51.3 Å². The summed E-state index contributed by atoms with van der Waals surface area (Å²) in [7, 11) is 2.04. The summed E-state index contributed by atoms with van der Waals surface area (Å²) >= 11 is 0. The van der Waals surface area contributed by atoms with Gasteiger partial charge in [-0.2, -0.15) is 0 Å². The molecule has 0 aliphatic carbocycles. The summed E-state index contributed by atoms with van der Waals surface area (Å²) in [6.07, 6.45) is 2.28. The van der Waals surface area contributed by atoms with Crippen LogP contribution >= 0.6 is 0 Å². The lowest BCUT2D eigenvalue weighted by Crippen LogP contribution is -2.30. The highest BCUT2D eigenvalue weighted by atomic mass is 16.5. The first-order chi connectivity index (χ1) is 8.22. The fourth-order valence-electron chi connectivity index (χ4n) is 2.72. The molecule has 3 heteroatoms. The van der Waals surface area contributed by atoms with E-state index in [9.17, 15) is 0 Å². The Morgan fingerprint density at radius 1 is 1.29 bits per heavy atom. The van der Waals surface area contributed by atoms with Gasteiger partial charge in [0.2, 0.25) is 0 Å². The summed E-state index contributed by atoms with van der Waals surface area (Å²) in [6, 6.07) is 4.73. The van der Waals surface area contributed by atoms with Gasteiger partial charge in [-0.15, -0.1) is 0 Å². The summed E-state index contributed by atoms with van der Waals surface area (Å²) in [5.41, 5.74) is 3.58. The standard InChI is InChI=1S/C14H22N2O/c1-10-4-5-13(11(2)16-10)14(15-3)12-6-8-17-9-7-12/h4-5,12,14-15H,6-9H2,1-3H3. The Labute approximate surface area is 104 Å². The maximum atomic E-state index is 5.44. The second kappa shape index (κ2) is 5.61. The monoisotopic (exact) mass is 234 g/mol. The summed E-state index contributed by atoms with van der Waals surface area (Å²) in [5, 5.41) is 3.45. The number of aromatic nitrogens is 1. The van der Waals surface area contributed by atoms with Gasteiger partial charge in [0.25, 0.3) is 0 Å². The van der Waals surface area contributed by atoms with E-state index in [2.05, 4.69) is 29.4 Å². The van der Waals surface area contributed by atoms with Gasteiger partial charge in [-0.3, -0.25) is 4.98 Å². The molecule has 0 bridgehead atoms. The molecule has 3 nitrogen and oxygen atoms in total. The van der Waals surface area contributed by atoms with Crippen molar-refractivity contribution in [2.75, 3.05) is 20.3 Å². The summed E-state index contributed by atoms with van der Waals surface area (Å²) < 4.78 is 5.44. The Kier molecular flexibility index (Phi) is 4.13. The third-order valence-corrected chi connectivity index (χ3v) is 3.65. The maximum Gasteiger partial charge on any atom is 0.0469 e. The lowest BCUT2D eigenvalue weighted by Gasteiger charge is -2.31. The molecule has 1 saturated heterocycles. The van der Waals surface area contributed by atoms with E-state index in [1.807, 2.05) is 14.0 Å². The van der Waals surface area contributed by atoms with Gasteiger partial charge in [0.15, 0.2) is 0 Å². The highest BCUT2D eigenvalue weighted by molar-refractivity contribution is 5.25. The molecule has 1 aliphatic rings. The number of pyridine rings is 1. The zero-order valence-corrected chi connectivity index (χ0v) is 11.0. The molecule has 94 valence electrons. The largest absolute Gasteiger partial charge is 0.381 e. The van der Waals surface area contributed by atoms with Crippen molar-refractivity contribution in [3.05, 3.63) is 29.1 Å². The molecule has 1 aromatic rings. The molecule has 1 atom stereocenters. The van der Waals surface area contributed by atoms with Crippen molar-refractivity contribution in [3.63, 3.8) is 0 Å². The van der Waals surface area contributed by atoms with Gasteiger partial charge in [-0.25, -0.2) is 0 Å². The molecule has 0 saturated carbocycles. The number of aryl methyl sites for hydroxylation is 2. The van der Waals surface area contributed by atoms with Crippen LogP contribution in [0.25, 0.3) is 0 Å². The van der Waals surface area contributed by atoms with Gasteiger partial charge >= 0.3 is 0 Å². The van der Waals surface area contributed by atoms with Crippen LogP contribution in [-0.4, -0.2) is 25.2 Å². The smallest absolute Gasteiger partial charge is 0.0469 e. The van der Waals surface area contributed by atoms with Crippen LogP contribution in [0.15, 0.2) is 12.1 Å². The summed E-state index contributed by atoms with van der Waals surface area (Å²) in [6.45, 7) is 5.92.